The van der Waals surface area contributed by atoms with E-state index in [0.717, 1.165) is 50.4 Å². The van der Waals surface area contributed by atoms with E-state index in [1.54, 1.807) is 0 Å². The molecule has 0 unspecified atom stereocenters. The van der Waals surface area contributed by atoms with E-state index in [1.807, 2.05) is 11.0 Å². The van der Waals surface area contributed by atoms with Crippen molar-refractivity contribution in [2.75, 3.05) is 42.5 Å². The van der Waals surface area contributed by atoms with Crippen molar-refractivity contribution in [3.05, 3.63) is 36.4 Å². The molecule has 1 saturated heterocycles. The van der Waals surface area contributed by atoms with Gasteiger partial charge in [0.2, 0.25) is 5.91 Å². The molecule has 0 saturated carbocycles. The number of benzene rings is 1. The first-order valence-electron chi connectivity index (χ1n) is 7.29. The molecule has 20 heavy (non-hydrogen) atoms. The lowest BCUT2D eigenvalue weighted by Crippen LogP contribution is -2.43. The molecule has 1 fully saturated rings. The first-order chi connectivity index (χ1) is 9.79. The van der Waals surface area contributed by atoms with Crippen LogP contribution < -0.4 is 15.1 Å². The molecular formula is C16H21N3O. The summed E-state index contributed by atoms with van der Waals surface area (Å²) in [6.07, 6.45) is 3.23. The minimum absolute atomic E-state index is 0.208. The van der Waals surface area contributed by atoms with Gasteiger partial charge in [-0.2, -0.15) is 0 Å². The zero-order chi connectivity index (χ0) is 13.9. The lowest BCUT2D eigenvalue weighted by molar-refractivity contribution is -0.117. The van der Waals surface area contributed by atoms with Crippen LogP contribution in [0.5, 0.6) is 0 Å². The van der Waals surface area contributed by atoms with Crippen molar-refractivity contribution in [1.82, 2.24) is 5.32 Å². The Labute approximate surface area is 120 Å². The Hall–Kier alpha value is -1.81. The number of nitrogens with one attached hydrogen (secondary N) is 1. The van der Waals surface area contributed by atoms with Crippen LogP contribution in [0.15, 0.2) is 30.9 Å². The fourth-order valence-electron chi connectivity index (χ4n) is 2.95. The number of fused-ring (bicyclic) bond motifs is 1. The fourth-order valence-corrected chi connectivity index (χ4v) is 2.95. The van der Waals surface area contributed by atoms with Crippen LogP contribution in [-0.2, 0) is 11.2 Å². The average molecular weight is 271 g/mol. The number of carbonyl (C=O) groups is 1. The van der Waals surface area contributed by atoms with Gasteiger partial charge in [0.05, 0.1) is 6.42 Å². The molecule has 4 nitrogen and oxygen atoms in total. The Morgan fingerprint density at radius 1 is 1.30 bits per heavy atom. The number of anilines is 2. The predicted octanol–water partition coefficient (Wildman–Crippen LogP) is 1.56. The highest BCUT2D eigenvalue weighted by atomic mass is 16.2. The molecule has 2 aliphatic heterocycles. The number of rotatable bonds is 4. The molecule has 0 radical (unpaired) electrons. The molecule has 0 spiro atoms. The number of amides is 1. The molecule has 3 rings (SSSR count). The predicted molar refractivity (Wildman–Crippen MR) is 82.4 cm³/mol. The monoisotopic (exact) mass is 271 g/mol. The van der Waals surface area contributed by atoms with Crippen molar-refractivity contribution >= 4 is 17.3 Å². The maximum absolute atomic E-state index is 12.1. The Balaban J connectivity index is 1.81. The van der Waals surface area contributed by atoms with Crippen molar-refractivity contribution in [2.24, 2.45) is 0 Å². The molecule has 106 valence electrons. The van der Waals surface area contributed by atoms with Crippen molar-refractivity contribution in [3.8, 4) is 0 Å². The van der Waals surface area contributed by atoms with Crippen LogP contribution in [0.4, 0.5) is 11.4 Å². The first kappa shape index (κ1) is 13.2. The van der Waals surface area contributed by atoms with E-state index < -0.39 is 0 Å². The lowest BCUT2D eigenvalue weighted by Gasteiger charge is -2.30. The highest BCUT2D eigenvalue weighted by Crippen LogP contribution is 2.32. The summed E-state index contributed by atoms with van der Waals surface area (Å²) in [4.78, 5) is 16.4. The number of carbonyl (C=O) groups excluding carboxylic acids is 1. The van der Waals surface area contributed by atoms with Gasteiger partial charge in [-0.1, -0.05) is 6.08 Å². The van der Waals surface area contributed by atoms with E-state index >= 15 is 0 Å². The molecule has 1 N–H and O–H groups in total. The Morgan fingerprint density at radius 2 is 2.10 bits per heavy atom. The van der Waals surface area contributed by atoms with Crippen LogP contribution >= 0.6 is 0 Å². The van der Waals surface area contributed by atoms with Gasteiger partial charge in [0.15, 0.2) is 0 Å². The third kappa shape index (κ3) is 2.43. The van der Waals surface area contributed by atoms with Crippen LogP contribution in [-0.4, -0.2) is 38.6 Å². The molecule has 1 amide bonds. The normalized spacial score (nSPS) is 18.3. The Bertz CT molecular complexity index is 520. The van der Waals surface area contributed by atoms with Gasteiger partial charge in [-0.15, -0.1) is 6.58 Å². The highest BCUT2D eigenvalue weighted by Gasteiger charge is 2.27. The Morgan fingerprint density at radius 3 is 2.85 bits per heavy atom. The summed E-state index contributed by atoms with van der Waals surface area (Å²) < 4.78 is 0. The third-order valence-electron chi connectivity index (χ3n) is 4.04. The summed E-state index contributed by atoms with van der Waals surface area (Å²) in [7, 11) is 0. The van der Waals surface area contributed by atoms with E-state index in [2.05, 4.69) is 35.0 Å². The molecule has 1 aromatic carbocycles. The Kier molecular flexibility index (Phi) is 3.74. The zero-order valence-corrected chi connectivity index (χ0v) is 11.8. The van der Waals surface area contributed by atoms with Crippen LogP contribution in [0.25, 0.3) is 0 Å². The van der Waals surface area contributed by atoms with E-state index in [0.29, 0.717) is 6.42 Å². The SMILES string of the molecule is C=CCCN1C(=O)Cc2cc(N3CCNCC3)ccc21. The second-order valence-electron chi connectivity index (χ2n) is 5.35. The smallest absolute Gasteiger partial charge is 0.231 e. The molecule has 2 heterocycles. The molecule has 1 aromatic rings. The summed E-state index contributed by atoms with van der Waals surface area (Å²) in [5.74, 6) is 0.208. The number of nitrogens with zero attached hydrogens (tertiary/aromatic N) is 2. The standard InChI is InChI=1S/C16H21N3O/c1-2-3-8-19-15-5-4-14(11-13(15)12-16(19)20)18-9-6-17-7-10-18/h2,4-5,11,17H,1,3,6-10,12H2. The van der Waals surface area contributed by atoms with Gasteiger partial charge >= 0.3 is 0 Å². The molecule has 2 aliphatic rings. The summed E-state index contributed by atoms with van der Waals surface area (Å²) in [5.41, 5.74) is 3.48. The molecular weight excluding hydrogens is 250 g/mol. The second-order valence-corrected chi connectivity index (χ2v) is 5.35. The number of hydrogen-bond donors (Lipinski definition) is 1. The fraction of sp³-hybridized carbons (Fsp3) is 0.438. The van der Waals surface area contributed by atoms with Crippen molar-refractivity contribution < 1.29 is 4.79 Å². The molecule has 0 aromatic heterocycles. The molecule has 0 bridgehead atoms. The quantitative estimate of drug-likeness (QED) is 0.844. The van der Waals surface area contributed by atoms with E-state index in [-0.39, 0.29) is 5.91 Å². The van der Waals surface area contributed by atoms with Crippen LogP contribution in [0, 0.1) is 0 Å². The van der Waals surface area contributed by atoms with Gasteiger partial charge in [0, 0.05) is 44.1 Å². The molecule has 0 atom stereocenters. The maximum atomic E-state index is 12.1. The van der Waals surface area contributed by atoms with E-state index in [4.69, 9.17) is 0 Å². The van der Waals surface area contributed by atoms with Crippen molar-refractivity contribution in [2.45, 2.75) is 12.8 Å². The van der Waals surface area contributed by atoms with Gasteiger partial charge in [0.25, 0.3) is 0 Å². The maximum Gasteiger partial charge on any atom is 0.231 e. The second kappa shape index (κ2) is 5.67. The molecule has 0 aliphatic carbocycles. The van der Waals surface area contributed by atoms with Crippen LogP contribution in [0.3, 0.4) is 0 Å². The zero-order valence-electron chi connectivity index (χ0n) is 11.8. The van der Waals surface area contributed by atoms with E-state index in [9.17, 15) is 4.79 Å². The summed E-state index contributed by atoms with van der Waals surface area (Å²) in [6, 6.07) is 6.43. The lowest BCUT2D eigenvalue weighted by atomic mass is 10.1. The van der Waals surface area contributed by atoms with Crippen molar-refractivity contribution in [3.63, 3.8) is 0 Å². The summed E-state index contributed by atoms with van der Waals surface area (Å²) in [6.45, 7) is 8.59. The van der Waals surface area contributed by atoms with Gasteiger partial charge in [-0.05, 0) is 30.2 Å². The van der Waals surface area contributed by atoms with E-state index in [1.165, 1.54) is 5.69 Å². The number of piperazine rings is 1. The highest BCUT2D eigenvalue weighted by molar-refractivity contribution is 6.01. The average Bonchev–Trinajstić information content (AvgIpc) is 2.80. The van der Waals surface area contributed by atoms with Gasteiger partial charge in [-0.25, -0.2) is 0 Å². The van der Waals surface area contributed by atoms with Crippen LogP contribution in [0.2, 0.25) is 0 Å². The minimum atomic E-state index is 0.208. The topological polar surface area (TPSA) is 35.6 Å². The summed E-state index contributed by atoms with van der Waals surface area (Å²) >= 11 is 0. The largest absolute Gasteiger partial charge is 0.369 e. The molecule has 4 heteroatoms. The minimum Gasteiger partial charge on any atom is -0.369 e. The van der Waals surface area contributed by atoms with Gasteiger partial charge in [-0.3, -0.25) is 4.79 Å². The number of hydrogen-bond acceptors (Lipinski definition) is 3. The van der Waals surface area contributed by atoms with Crippen LogP contribution in [0.1, 0.15) is 12.0 Å². The summed E-state index contributed by atoms with van der Waals surface area (Å²) in [5, 5.41) is 3.36. The van der Waals surface area contributed by atoms with Crippen molar-refractivity contribution in [1.29, 1.82) is 0 Å². The van der Waals surface area contributed by atoms with Gasteiger partial charge < -0.3 is 15.1 Å². The first-order valence-corrected chi connectivity index (χ1v) is 7.29. The third-order valence-corrected chi connectivity index (χ3v) is 4.04. The van der Waals surface area contributed by atoms with Gasteiger partial charge in [0.1, 0.15) is 0 Å².